The van der Waals surface area contributed by atoms with Crippen molar-refractivity contribution in [1.82, 2.24) is 19.5 Å². The Morgan fingerprint density at radius 3 is 2.42 bits per heavy atom. The Hall–Kier alpha value is -2.37. The van der Waals surface area contributed by atoms with Crippen LogP contribution in [0.15, 0.2) is 47.4 Å². The fraction of sp³-hybridized carbons (Fsp3) is 0.263. The third kappa shape index (κ3) is 5.46. The Kier molecular flexibility index (Phi) is 6.63. The molecule has 2 aromatic carbocycles. The second-order valence-corrected chi connectivity index (χ2v) is 9.62. The van der Waals surface area contributed by atoms with Crippen molar-refractivity contribution in [2.75, 3.05) is 36.9 Å². The molecule has 2 heterocycles. The van der Waals surface area contributed by atoms with Gasteiger partial charge in [-0.15, -0.1) is 5.10 Å². The molecular weight excluding hydrogens is 463 g/mol. The van der Waals surface area contributed by atoms with Crippen LogP contribution in [0.25, 0.3) is 0 Å². The van der Waals surface area contributed by atoms with Gasteiger partial charge in [0.05, 0.1) is 18.1 Å². The lowest BCUT2D eigenvalue weighted by Crippen LogP contribution is -2.40. The lowest BCUT2D eigenvalue weighted by molar-refractivity contribution is 0.0730. The van der Waals surface area contributed by atoms with Crippen LogP contribution in [0.5, 0.6) is 0 Å². The van der Waals surface area contributed by atoms with Gasteiger partial charge < -0.3 is 15.4 Å². The molecule has 0 radical (unpaired) electrons. The van der Waals surface area contributed by atoms with E-state index < -0.39 is 10.0 Å². The van der Waals surface area contributed by atoms with E-state index in [9.17, 15) is 8.42 Å². The number of sulfonamides is 1. The molecule has 164 valence electrons. The number of aromatic amines is 1. The minimum absolute atomic E-state index is 0.268. The van der Waals surface area contributed by atoms with Crippen LogP contribution in [0.4, 0.5) is 17.6 Å². The van der Waals surface area contributed by atoms with Gasteiger partial charge in [-0.1, -0.05) is 35.3 Å². The molecular formula is C19H20Cl2N6O3S. The Bertz CT molecular complexity index is 1130. The van der Waals surface area contributed by atoms with Crippen molar-refractivity contribution in [2.45, 2.75) is 11.4 Å². The van der Waals surface area contributed by atoms with Crippen molar-refractivity contribution in [1.29, 1.82) is 0 Å². The number of halogens is 2. The maximum Gasteiger partial charge on any atom is 0.248 e. The van der Waals surface area contributed by atoms with E-state index in [2.05, 4.69) is 25.8 Å². The largest absolute Gasteiger partial charge is 0.379 e. The number of ether oxygens (including phenoxy) is 1. The zero-order chi connectivity index (χ0) is 21.8. The minimum Gasteiger partial charge on any atom is -0.379 e. The van der Waals surface area contributed by atoms with Crippen LogP contribution in [-0.2, 0) is 21.3 Å². The highest BCUT2D eigenvalue weighted by Gasteiger charge is 2.26. The highest BCUT2D eigenvalue weighted by atomic mass is 35.5. The normalized spacial score (nSPS) is 15.0. The molecule has 31 heavy (non-hydrogen) atoms. The maximum absolute atomic E-state index is 12.7. The first-order valence-corrected chi connectivity index (χ1v) is 11.7. The van der Waals surface area contributed by atoms with E-state index in [0.717, 1.165) is 5.56 Å². The summed E-state index contributed by atoms with van der Waals surface area (Å²) in [5.41, 5.74) is 1.56. The van der Waals surface area contributed by atoms with Crippen LogP contribution in [0.2, 0.25) is 10.0 Å². The van der Waals surface area contributed by atoms with E-state index in [4.69, 9.17) is 27.9 Å². The third-order valence-corrected chi connectivity index (χ3v) is 6.94. The van der Waals surface area contributed by atoms with Gasteiger partial charge in [-0.3, -0.25) is 0 Å². The molecule has 12 heteroatoms. The van der Waals surface area contributed by atoms with Gasteiger partial charge in [0.2, 0.25) is 21.9 Å². The molecule has 4 rings (SSSR count). The van der Waals surface area contributed by atoms with Crippen molar-refractivity contribution in [2.24, 2.45) is 0 Å². The number of benzene rings is 2. The van der Waals surface area contributed by atoms with Crippen molar-refractivity contribution >= 4 is 50.8 Å². The number of rotatable bonds is 7. The van der Waals surface area contributed by atoms with Crippen molar-refractivity contribution in [3.63, 3.8) is 0 Å². The van der Waals surface area contributed by atoms with Gasteiger partial charge in [0.1, 0.15) is 0 Å². The van der Waals surface area contributed by atoms with Crippen LogP contribution in [0.3, 0.4) is 0 Å². The molecule has 0 amide bonds. The molecule has 1 aliphatic heterocycles. The van der Waals surface area contributed by atoms with E-state index in [1.165, 1.54) is 4.31 Å². The molecule has 0 aliphatic carbocycles. The minimum atomic E-state index is -3.50. The summed E-state index contributed by atoms with van der Waals surface area (Å²) in [6.07, 6.45) is 0. The standard InChI is InChI=1S/C19H20Cl2N6O3S/c20-14-9-15(21)11-16(10-14)23-19-24-18(25-26-19)22-12-13-1-3-17(4-2-13)31(28,29)27-5-7-30-8-6-27/h1-4,9-11H,5-8,12H2,(H3,22,23,24,25,26). The summed E-state index contributed by atoms with van der Waals surface area (Å²) < 4.78 is 32.0. The second kappa shape index (κ2) is 9.41. The molecule has 3 N–H and O–H groups in total. The number of nitrogens with zero attached hydrogens (tertiary/aromatic N) is 3. The fourth-order valence-corrected chi connectivity index (χ4v) is 4.99. The van der Waals surface area contributed by atoms with E-state index in [1.54, 1.807) is 42.5 Å². The average Bonchev–Trinajstić information content (AvgIpc) is 3.19. The lowest BCUT2D eigenvalue weighted by atomic mass is 10.2. The SMILES string of the molecule is O=S(=O)(c1ccc(CNc2nc(Nc3cc(Cl)cc(Cl)c3)n[nH]2)cc1)N1CCOCC1. The third-order valence-electron chi connectivity index (χ3n) is 4.60. The first-order valence-electron chi connectivity index (χ1n) is 9.46. The van der Waals surface area contributed by atoms with Gasteiger partial charge in [0.25, 0.3) is 0 Å². The lowest BCUT2D eigenvalue weighted by Gasteiger charge is -2.26. The number of anilines is 3. The van der Waals surface area contributed by atoms with Crippen LogP contribution in [0, 0.1) is 0 Å². The monoisotopic (exact) mass is 482 g/mol. The smallest absolute Gasteiger partial charge is 0.248 e. The van der Waals surface area contributed by atoms with Gasteiger partial charge >= 0.3 is 0 Å². The zero-order valence-corrected chi connectivity index (χ0v) is 18.6. The highest BCUT2D eigenvalue weighted by Crippen LogP contribution is 2.24. The summed E-state index contributed by atoms with van der Waals surface area (Å²) in [5.74, 6) is 0.813. The summed E-state index contributed by atoms with van der Waals surface area (Å²) in [5, 5.41) is 14.0. The van der Waals surface area contributed by atoms with E-state index in [1.807, 2.05) is 0 Å². The molecule has 1 aromatic heterocycles. The topological polar surface area (TPSA) is 112 Å². The molecule has 0 spiro atoms. The Labute approximate surface area is 189 Å². The molecule has 0 saturated carbocycles. The maximum atomic E-state index is 12.7. The van der Waals surface area contributed by atoms with Gasteiger partial charge in [-0.05, 0) is 35.9 Å². The average molecular weight is 483 g/mol. The summed E-state index contributed by atoms with van der Waals surface area (Å²) in [7, 11) is -3.50. The highest BCUT2D eigenvalue weighted by molar-refractivity contribution is 7.89. The van der Waals surface area contributed by atoms with Crippen molar-refractivity contribution in [3.05, 3.63) is 58.1 Å². The number of H-pyrrole nitrogens is 1. The number of aromatic nitrogens is 3. The molecule has 0 unspecified atom stereocenters. The second-order valence-electron chi connectivity index (χ2n) is 6.80. The summed E-state index contributed by atoms with van der Waals surface area (Å²) in [6.45, 7) is 2.01. The predicted molar refractivity (Wildman–Crippen MR) is 119 cm³/mol. The molecule has 1 aliphatic rings. The molecule has 1 saturated heterocycles. The van der Waals surface area contributed by atoms with Crippen LogP contribution >= 0.6 is 23.2 Å². The van der Waals surface area contributed by atoms with Crippen LogP contribution in [-0.4, -0.2) is 54.2 Å². The predicted octanol–water partition coefficient (Wildman–Crippen LogP) is 3.49. The Morgan fingerprint density at radius 2 is 1.74 bits per heavy atom. The first kappa shape index (κ1) is 21.8. The Morgan fingerprint density at radius 1 is 1.06 bits per heavy atom. The number of hydrogen-bond donors (Lipinski definition) is 3. The quantitative estimate of drug-likeness (QED) is 0.472. The fourth-order valence-electron chi connectivity index (χ4n) is 3.05. The van der Waals surface area contributed by atoms with Gasteiger partial charge in [-0.2, -0.15) is 9.29 Å². The van der Waals surface area contributed by atoms with E-state index in [0.29, 0.717) is 60.5 Å². The first-order chi connectivity index (χ1) is 14.9. The van der Waals surface area contributed by atoms with E-state index >= 15 is 0 Å². The molecule has 0 bridgehead atoms. The summed E-state index contributed by atoms with van der Waals surface area (Å²) in [4.78, 5) is 4.58. The molecule has 1 fully saturated rings. The summed E-state index contributed by atoms with van der Waals surface area (Å²) in [6, 6.07) is 11.8. The van der Waals surface area contributed by atoms with Crippen molar-refractivity contribution in [3.8, 4) is 0 Å². The Balaban J connectivity index is 1.35. The van der Waals surface area contributed by atoms with E-state index in [-0.39, 0.29) is 4.90 Å². The number of morpholine rings is 1. The van der Waals surface area contributed by atoms with Crippen molar-refractivity contribution < 1.29 is 13.2 Å². The van der Waals surface area contributed by atoms with Gasteiger partial charge in [-0.25, -0.2) is 13.5 Å². The van der Waals surface area contributed by atoms with Crippen LogP contribution < -0.4 is 10.6 Å². The van der Waals surface area contributed by atoms with Crippen LogP contribution in [0.1, 0.15) is 5.56 Å². The van der Waals surface area contributed by atoms with Gasteiger partial charge in [0, 0.05) is 35.4 Å². The molecule has 3 aromatic rings. The number of nitrogens with one attached hydrogen (secondary N) is 3. The summed E-state index contributed by atoms with van der Waals surface area (Å²) >= 11 is 12.0. The molecule has 9 nitrogen and oxygen atoms in total. The zero-order valence-electron chi connectivity index (χ0n) is 16.3. The number of hydrogen-bond acceptors (Lipinski definition) is 7. The van der Waals surface area contributed by atoms with Gasteiger partial charge in [0.15, 0.2) is 0 Å². The molecule has 0 atom stereocenters.